The van der Waals surface area contributed by atoms with Crippen molar-refractivity contribution in [1.82, 2.24) is 14.5 Å². The number of benzene rings is 1. The fourth-order valence-electron chi connectivity index (χ4n) is 2.33. The Morgan fingerprint density at radius 3 is 2.94 bits per heavy atom. The molecule has 0 atom stereocenters. The predicted octanol–water partition coefficient (Wildman–Crippen LogP) is 1.65. The number of hydrogen-bond acceptors (Lipinski definition) is 3. The molecular weight excluding hydrogens is 294 g/mol. The number of likely N-dealkylation sites (N-methyl/N-ethyl adjacent to an activating group) is 1. The van der Waals surface area contributed by atoms with Gasteiger partial charge in [0.2, 0.25) is 0 Å². The standard InChI is InChI=1S/C13H14BrN3O/c1-16-5-4-12-15-11-8-9(14)2-3-10(11)13(18)17(12)7-6-16/h2-3,8H,4-7H2,1H3. The second kappa shape index (κ2) is 4.48. The lowest BCUT2D eigenvalue weighted by Gasteiger charge is -2.11. The fraction of sp³-hybridized carbons (Fsp3) is 0.385. The van der Waals surface area contributed by atoms with Crippen LogP contribution in [0.4, 0.5) is 0 Å². The molecule has 0 spiro atoms. The van der Waals surface area contributed by atoms with Gasteiger partial charge in [0.1, 0.15) is 5.82 Å². The zero-order valence-corrected chi connectivity index (χ0v) is 11.8. The molecular formula is C13H14BrN3O. The summed E-state index contributed by atoms with van der Waals surface area (Å²) in [4.78, 5) is 19.3. The molecule has 0 radical (unpaired) electrons. The summed E-state index contributed by atoms with van der Waals surface area (Å²) in [6.07, 6.45) is 0.828. The number of rotatable bonds is 0. The van der Waals surface area contributed by atoms with Gasteiger partial charge in [0.15, 0.2) is 0 Å². The highest BCUT2D eigenvalue weighted by Crippen LogP contribution is 2.16. The fourth-order valence-corrected chi connectivity index (χ4v) is 2.68. The Kier molecular flexibility index (Phi) is 2.95. The van der Waals surface area contributed by atoms with Crippen LogP contribution in [0.1, 0.15) is 5.82 Å². The maximum absolute atomic E-state index is 12.4. The van der Waals surface area contributed by atoms with Crippen molar-refractivity contribution in [2.75, 3.05) is 20.1 Å². The van der Waals surface area contributed by atoms with Gasteiger partial charge >= 0.3 is 0 Å². The number of fused-ring (bicyclic) bond motifs is 2. The van der Waals surface area contributed by atoms with Crippen molar-refractivity contribution in [3.63, 3.8) is 0 Å². The minimum Gasteiger partial charge on any atom is -0.304 e. The molecule has 0 unspecified atom stereocenters. The van der Waals surface area contributed by atoms with E-state index in [-0.39, 0.29) is 5.56 Å². The molecule has 3 rings (SSSR count). The molecule has 1 aromatic carbocycles. The summed E-state index contributed by atoms with van der Waals surface area (Å²) < 4.78 is 2.78. The van der Waals surface area contributed by atoms with Crippen LogP contribution in [0.3, 0.4) is 0 Å². The summed E-state index contributed by atoms with van der Waals surface area (Å²) >= 11 is 3.42. The normalized spacial score (nSPS) is 16.6. The first-order chi connectivity index (χ1) is 8.65. The van der Waals surface area contributed by atoms with Crippen molar-refractivity contribution >= 4 is 26.8 Å². The molecule has 0 bridgehead atoms. The van der Waals surface area contributed by atoms with Crippen LogP contribution >= 0.6 is 15.9 Å². The molecule has 4 nitrogen and oxygen atoms in total. The Balaban J connectivity index is 2.26. The number of halogens is 1. The first kappa shape index (κ1) is 11.9. The zero-order valence-electron chi connectivity index (χ0n) is 10.2. The third-order valence-corrected chi connectivity index (χ3v) is 3.91. The summed E-state index contributed by atoms with van der Waals surface area (Å²) in [5.41, 5.74) is 0.864. The average Bonchev–Trinajstić information content (AvgIpc) is 2.52. The van der Waals surface area contributed by atoms with Crippen LogP contribution in [0.15, 0.2) is 27.5 Å². The molecule has 0 aliphatic carbocycles. The SMILES string of the molecule is CN1CCc2nc3cc(Br)ccc3c(=O)n2CC1. The van der Waals surface area contributed by atoms with Gasteiger partial charge in [0, 0.05) is 30.5 Å². The Bertz CT molecular complexity index is 665. The molecule has 2 heterocycles. The van der Waals surface area contributed by atoms with Crippen molar-refractivity contribution in [2.24, 2.45) is 0 Å². The highest BCUT2D eigenvalue weighted by Gasteiger charge is 2.15. The van der Waals surface area contributed by atoms with Crippen molar-refractivity contribution in [2.45, 2.75) is 13.0 Å². The van der Waals surface area contributed by atoms with Gasteiger partial charge in [0.05, 0.1) is 10.9 Å². The lowest BCUT2D eigenvalue weighted by Crippen LogP contribution is -2.27. The number of nitrogens with zero attached hydrogens (tertiary/aromatic N) is 3. The van der Waals surface area contributed by atoms with Crippen LogP contribution in [0.5, 0.6) is 0 Å². The van der Waals surface area contributed by atoms with E-state index in [1.807, 2.05) is 22.8 Å². The molecule has 5 heteroatoms. The van der Waals surface area contributed by atoms with Crippen molar-refractivity contribution < 1.29 is 0 Å². The Hall–Kier alpha value is -1.20. The molecule has 18 heavy (non-hydrogen) atoms. The van der Waals surface area contributed by atoms with E-state index < -0.39 is 0 Å². The molecule has 0 fully saturated rings. The lowest BCUT2D eigenvalue weighted by molar-refractivity contribution is 0.341. The Morgan fingerprint density at radius 1 is 1.28 bits per heavy atom. The van der Waals surface area contributed by atoms with Crippen LogP contribution in [0, 0.1) is 0 Å². The topological polar surface area (TPSA) is 38.1 Å². The molecule has 1 aliphatic rings. The molecule has 1 aromatic heterocycles. The van der Waals surface area contributed by atoms with Crippen LogP contribution in [0.2, 0.25) is 0 Å². The quantitative estimate of drug-likeness (QED) is 0.743. The summed E-state index contributed by atoms with van der Waals surface area (Å²) in [5, 5.41) is 0.700. The zero-order chi connectivity index (χ0) is 12.7. The van der Waals surface area contributed by atoms with Gasteiger partial charge in [0.25, 0.3) is 5.56 Å². The van der Waals surface area contributed by atoms with Crippen LogP contribution in [0.25, 0.3) is 10.9 Å². The molecule has 2 aromatic rings. The van der Waals surface area contributed by atoms with E-state index in [1.54, 1.807) is 0 Å². The third-order valence-electron chi connectivity index (χ3n) is 3.42. The van der Waals surface area contributed by atoms with E-state index in [0.29, 0.717) is 5.39 Å². The van der Waals surface area contributed by atoms with Crippen molar-refractivity contribution in [1.29, 1.82) is 0 Å². The molecule has 0 saturated heterocycles. The molecule has 1 aliphatic heterocycles. The first-order valence-electron chi connectivity index (χ1n) is 6.03. The van der Waals surface area contributed by atoms with E-state index in [0.717, 1.165) is 41.9 Å². The largest absolute Gasteiger partial charge is 0.304 e. The Morgan fingerprint density at radius 2 is 2.11 bits per heavy atom. The van der Waals surface area contributed by atoms with E-state index in [4.69, 9.17) is 0 Å². The van der Waals surface area contributed by atoms with Crippen molar-refractivity contribution in [3.8, 4) is 0 Å². The Labute approximate surface area is 113 Å². The van der Waals surface area contributed by atoms with Gasteiger partial charge in [-0.05, 0) is 25.2 Å². The highest BCUT2D eigenvalue weighted by atomic mass is 79.9. The smallest absolute Gasteiger partial charge is 0.261 e. The summed E-state index contributed by atoms with van der Waals surface area (Å²) in [6, 6.07) is 5.64. The number of hydrogen-bond donors (Lipinski definition) is 0. The predicted molar refractivity (Wildman–Crippen MR) is 74.9 cm³/mol. The van der Waals surface area contributed by atoms with E-state index in [1.165, 1.54) is 0 Å². The number of aromatic nitrogens is 2. The third kappa shape index (κ3) is 1.97. The summed E-state index contributed by atoms with van der Waals surface area (Å²) in [6.45, 7) is 2.58. The van der Waals surface area contributed by atoms with Crippen molar-refractivity contribution in [3.05, 3.63) is 38.9 Å². The van der Waals surface area contributed by atoms with E-state index in [2.05, 4.69) is 32.9 Å². The maximum atomic E-state index is 12.4. The van der Waals surface area contributed by atoms with Gasteiger partial charge in [-0.15, -0.1) is 0 Å². The molecule has 94 valence electrons. The summed E-state index contributed by atoms with van der Waals surface area (Å²) in [5.74, 6) is 0.898. The van der Waals surface area contributed by atoms with E-state index in [9.17, 15) is 4.79 Å². The lowest BCUT2D eigenvalue weighted by atomic mass is 10.2. The van der Waals surface area contributed by atoms with Gasteiger partial charge in [-0.3, -0.25) is 9.36 Å². The average molecular weight is 308 g/mol. The maximum Gasteiger partial charge on any atom is 0.261 e. The minimum absolute atomic E-state index is 0.0813. The van der Waals surface area contributed by atoms with Crippen LogP contribution < -0.4 is 5.56 Å². The minimum atomic E-state index is 0.0813. The molecule has 0 saturated carbocycles. The first-order valence-corrected chi connectivity index (χ1v) is 6.82. The van der Waals surface area contributed by atoms with Gasteiger partial charge in [-0.25, -0.2) is 4.98 Å². The van der Waals surface area contributed by atoms with Gasteiger partial charge < -0.3 is 4.90 Å². The summed E-state index contributed by atoms with van der Waals surface area (Å²) in [7, 11) is 2.08. The second-order valence-electron chi connectivity index (χ2n) is 4.70. The molecule has 0 amide bonds. The van der Waals surface area contributed by atoms with Gasteiger partial charge in [-0.2, -0.15) is 0 Å². The van der Waals surface area contributed by atoms with E-state index >= 15 is 0 Å². The highest BCUT2D eigenvalue weighted by molar-refractivity contribution is 9.10. The molecule has 0 N–H and O–H groups in total. The van der Waals surface area contributed by atoms with Gasteiger partial charge in [-0.1, -0.05) is 15.9 Å². The second-order valence-corrected chi connectivity index (χ2v) is 5.62. The van der Waals surface area contributed by atoms with Crippen LogP contribution in [-0.4, -0.2) is 34.6 Å². The van der Waals surface area contributed by atoms with Crippen LogP contribution in [-0.2, 0) is 13.0 Å². The monoisotopic (exact) mass is 307 g/mol.